The first-order valence-electron chi connectivity index (χ1n) is 15.1. The van der Waals surface area contributed by atoms with E-state index in [1.165, 1.54) is 0 Å². The molecule has 4 aromatic carbocycles. The molecule has 2 aliphatic rings. The molecule has 10 nitrogen and oxygen atoms in total. The quantitative estimate of drug-likeness (QED) is 0.229. The SMILES string of the molecule is CC1=C(C)C(=O)N(c2ccc(C(=O)Nc3ccc(-c4ccc(NC(=O)c5ccc(N6C(=O)C(C)=C(C)C6=O)cc5)cc4)cc3)cc2)C1=O. The normalized spacial score (nSPS) is 14.8. The van der Waals surface area contributed by atoms with E-state index < -0.39 is 0 Å². The van der Waals surface area contributed by atoms with E-state index in [-0.39, 0.29) is 35.4 Å². The molecule has 48 heavy (non-hydrogen) atoms. The van der Waals surface area contributed by atoms with Gasteiger partial charge in [-0.1, -0.05) is 24.3 Å². The number of anilines is 4. The van der Waals surface area contributed by atoms with Gasteiger partial charge in [0, 0.05) is 44.8 Å². The van der Waals surface area contributed by atoms with E-state index in [0.29, 0.717) is 56.2 Å². The molecule has 2 N–H and O–H groups in total. The molecule has 0 unspecified atom stereocenters. The maximum Gasteiger partial charge on any atom is 0.261 e. The average molecular weight is 639 g/mol. The summed E-state index contributed by atoms with van der Waals surface area (Å²) in [6, 6.07) is 27.1. The summed E-state index contributed by atoms with van der Waals surface area (Å²) < 4.78 is 0. The van der Waals surface area contributed by atoms with E-state index >= 15 is 0 Å². The van der Waals surface area contributed by atoms with Crippen LogP contribution >= 0.6 is 0 Å². The van der Waals surface area contributed by atoms with E-state index in [0.717, 1.165) is 20.9 Å². The Labute approximate surface area is 276 Å². The maximum atomic E-state index is 12.9. The van der Waals surface area contributed by atoms with Crippen LogP contribution in [0.3, 0.4) is 0 Å². The highest BCUT2D eigenvalue weighted by atomic mass is 16.2. The lowest BCUT2D eigenvalue weighted by atomic mass is 10.0. The van der Waals surface area contributed by atoms with Crippen LogP contribution in [0.15, 0.2) is 119 Å². The molecule has 6 rings (SSSR count). The second-order valence-electron chi connectivity index (χ2n) is 11.5. The minimum atomic E-state index is -0.364. The summed E-state index contributed by atoms with van der Waals surface area (Å²) in [5.74, 6) is -2.13. The van der Waals surface area contributed by atoms with Crippen LogP contribution in [0.1, 0.15) is 48.4 Å². The Morgan fingerprint density at radius 1 is 0.417 bits per heavy atom. The van der Waals surface area contributed by atoms with Crippen LogP contribution in [0.2, 0.25) is 0 Å². The lowest BCUT2D eigenvalue weighted by Gasteiger charge is -2.15. The van der Waals surface area contributed by atoms with Gasteiger partial charge in [-0.2, -0.15) is 0 Å². The van der Waals surface area contributed by atoms with Gasteiger partial charge in [0.1, 0.15) is 0 Å². The number of hydrogen-bond acceptors (Lipinski definition) is 6. The molecule has 4 aromatic rings. The van der Waals surface area contributed by atoms with E-state index in [1.54, 1.807) is 100 Å². The fourth-order valence-electron chi connectivity index (χ4n) is 5.39. The number of carbonyl (C=O) groups is 6. The Hall–Kier alpha value is -6.42. The summed E-state index contributed by atoms with van der Waals surface area (Å²) in [5.41, 5.74) is 6.16. The monoisotopic (exact) mass is 638 g/mol. The number of carbonyl (C=O) groups excluding carboxylic acids is 6. The average Bonchev–Trinajstić information content (AvgIpc) is 3.42. The van der Waals surface area contributed by atoms with Gasteiger partial charge in [-0.25, -0.2) is 9.80 Å². The molecule has 0 radical (unpaired) electrons. The van der Waals surface area contributed by atoms with Gasteiger partial charge in [0.05, 0.1) is 11.4 Å². The largest absolute Gasteiger partial charge is 0.322 e. The number of rotatable bonds is 7. The van der Waals surface area contributed by atoms with Crippen molar-refractivity contribution < 1.29 is 28.8 Å². The third kappa shape index (κ3) is 5.71. The van der Waals surface area contributed by atoms with Crippen LogP contribution in [0.5, 0.6) is 0 Å². The molecule has 238 valence electrons. The van der Waals surface area contributed by atoms with Gasteiger partial charge in [-0.15, -0.1) is 0 Å². The standard InChI is InChI=1S/C38H30N4O6/c1-21-22(2)36(46)41(35(21)45)31-17-9-27(10-18-31)33(43)39-29-13-5-25(6-14-29)26-7-15-30(16-8-26)40-34(44)28-11-19-32(20-12-28)42-37(47)23(3)24(4)38(42)48/h5-20H,1-4H3,(H,39,43)(H,40,44). The van der Waals surface area contributed by atoms with E-state index in [1.807, 2.05) is 24.3 Å². The predicted molar refractivity (Wildman–Crippen MR) is 182 cm³/mol. The van der Waals surface area contributed by atoms with Gasteiger partial charge >= 0.3 is 0 Å². The van der Waals surface area contributed by atoms with Gasteiger partial charge in [-0.3, -0.25) is 28.8 Å². The molecule has 6 amide bonds. The van der Waals surface area contributed by atoms with Crippen LogP contribution in [0, 0.1) is 0 Å². The summed E-state index contributed by atoms with van der Waals surface area (Å²) in [6.45, 7) is 6.47. The van der Waals surface area contributed by atoms with Crippen molar-refractivity contribution in [2.75, 3.05) is 20.4 Å². The minimum Gasteiger partial charge on any atom is -0.322 e. The number of amides is 6. The number of imide groups is 2. The summed E-state index contributed by atoms with van der Waals surface area (Å²) in [5, 5.41) is 5.70. The number of nitrogens with zero attached hydrogens (tertiary/aromatic N) is 2. The molecule has 0 bridgehead atoms. The molecular weight excluding hydrogens is 608 g/mol. The molecule has 0 saturated carbocycles. The zero-order valence-corrected chi connectivity index (χ0v) is 26.6. The highest BCUT2D eigenvalue weighted by Crippen LogP contribution is 2.29. The van der Waals surface area contributed by atoms with E-state index in [2.05, 4.69) is 10.6 Å². The maximum absolute atomic E-state index is 12.9. The zero-order chi connectivity index (χ0) is 34.3. The zero-order valence-electron chi connectivity index (χ0n) is 26.6. The highest BCUT2D eigenvalue weighted by Gasteiger charge is 2.35. The Bertz CT molecular complexity index is 1890. The lowest BCUT2D eigenvalue weighted by molar-refractivity contribution is -0.122. The van der Waals surface area contributed by atoms with Gasteiger partial charge < -0.3 is 10.6 Å². The molecule has 0 aliphatic carbocycles. The van der Waals surface area contributed by atoms with Gasteiger partial charge in [0.15, 0.2) is 0 Å². The van der Waals surface area contributed by atoms with Crippen molar-refractivity contribution in [1.29, 1.82) is 0 Å². The summed E-state index contributed by atoms with van der Waals surface area (Å²) in [6.07, 6.45) is 0. The minimum absolute atomic E-state index is 0.339. The molecule has 0 aromatic heterocycles. The fraction of sp³-hybridized carbons (Fsp3) is 0.105. The molecule has 10 heteroatoms. The van der Waals surface area contributed by atoms with E-state index in [4.69, 9.17) is 0 Å². The van der Waals surface area contributed by atoms with Crippen molar-refractivity contribution in [2.45, 2.75) is 27.7 Å². The number of hydrogen-bond donors (Lipinski definition) is 2. The molecule has 0 fully saturated rings. The van der Waals surface area contributed by atoms with Crippen LogP contribution in [-0.2, 0) is 19.2 Å². The van der Waals surface area contributed by atoms with Crippen LogP contribution < -0.4 is 20.4 Å². The lowest BCUT2D eigenvalue weighted by Crippen LogP contribution is -2.31. The molecule has 0 spiro atoms. The molecule has 2 heterocycles. The summed E-state index contributed by atoms with van der Waals surface area (Å²) in [7, 11) is 0. The fourth-order valence-corrected chi connectivity index (χ4v) is 5.39. The van der Waals surface area contributed by atoms with Crippen molar-refractivity contribution in [3.8, 4) is 11.1 Å². The first kappa shape index (κ1) is 31.6. The molecule has 2 aliphatic heterocycles. The third-order valence-corrected chi connectivity index (χ3v) is 8.61. The molecule has 0 atom stereocenters. The van der Waals surface area contributed by atoms with Crippen LogP contribution in [0.25, 0.3) is 11.1 Å². The van der Waals surface area contributed by atoms with Gasteiger partial charge in [0.25, 0.3) is 35.4 Å². The van der Waals surface area contributed by atoms with Crippen molar-refractivity contribution in [2.24, 2.45) is 0 Å². The first-order valence-corrected chi connectivity index (χ1v) is 15.1. The second kappa shape index (κ2) is 12.4. The highest BCUT2D eigenvalue weighted by molar-refractivity contribution is 6.33. The summed E-state index contributed by atoms with van der Waals surface area (Å²) >= 11 is 0. The second-order valence-corrected chi connectivity index (χ2v) is 11.5. The Morgan fingerprint density at radius 2 is 0.688 bits per heavy atom. The number of nitrogens with one attached hydrogen (secondary N) is 2. The van der Waals surface area contributed by atoms with Gasteiger partial charge in [-0.05, 0) is 112 Å². The first-order chi connectivity index (χ1) is 22.9. The Kier molecular flexibility index (Phi) is 8.16. The molecular formula is C38H30N4O6. The van der Waals surface area contributed by atoms with Crippen molar-refractivity contribution in [3.63, 3.8) is 0 Å². The third-order valence-electron chi connectivity index (χ3n) is 8.61. The van der Waals surface area contributed by atoms with E-state index in [9.17, 15) is 28.8 Å². The van der Waals surface area contributed by atoms with Gasteiger partial charge in [0.2, 0.25) is 0 Å². The van der Waals surface area contributed by atoms with Crippen LogP contribution in [0.4, 0.5) is 22.7 Å². The Morgan fingerprint density at radius 3 is 0.958 bits per heavy atom. The topological polar surface area (TPSA) is 133 Å². The summed E-state index contributed by atoms with van der Waals surface area (Å²) in [4.78, 5) is 77.7. The van der Waals surface area contributed by atoms with Crippen molar-refractivity contribution in [3.05, 3.63) is 130 Å². The van der Waals surface area contributed by atoms with Crippen molar-refractivity contribution in [1.82, 2.24) is 0 Å². The smallest absolute Gasteiger partial charge is 0.261 e. The van der Waals surface area contributed by atoms with Crippen LogP contribution in [-0.4, -0.2) is 35.4 Å². The predicted octanol–water partition coefficient (Wildman–Crippen LogP) is 6.28. The Balaban J connectivity index is 1.04. The number of benzene rings is 4. The molecule has 0 saturated heterocycles. The van der Waals surface area contributed by atoms with Crippen molar-refractivity contribution >= 4 is 58.2 Å².